The molecule has 0 fully saturated rings. The van der Waals surface area contributed by atoms with Crippen molar-refractivity contribution in [2.24, 2.45) is 0 Å². The molecule has 110 valence electrons. The van der Waals surface area contributed by atoms with E-state index >= 15 is 0 Å². The monoisotopic (exact) mass is 310 g/mol. The maximum Gasteiger partial charge on any atom is 0.414 e. The first-order valence-corrected chi connectivity index (χ1v) is 6.37. The smallest absolute Gasteiger partial charge is 0.414 e. The Labute approximate surface area is 125 Å². The average Bonchev–Trinajstić information content (AvgIpc) is 2.48. The third-order valence-electron chi connectivity index (χ3n) is 2.80. The highest BCUT2D eigenvalue weighted by molar-refractivity contribution is 6.28. The molecule has 1 aromatic heterocycles. The highest BCUT2D eigenvalue weighted by atomic mass is 35.5. The van der Waals surface area contributed by atoms with E-state index in [-0.39, 0.29) is 11.7 Å². The lowest BCUT2D eigenvalue weighted by Crippen LogP contribution is -2.33. The Morgan fingerprint density at radius 1 is 1.33 bits per heavy atom. The molecule has 7 heteroatoms. The summed E-state index contributed by atoms with van der Waals surface area (Å²) >= 11 is 5.65. The number of nitrogens with zero attached hydrogens (tertiary/aromatic N) is 2. The largest absolute Gasteiger partial charge is 0.618 e. The Hall–Kier alpha value is -2.34. The van der Waals surface area contributed by atoms with Crippen LogP contribution in [0.5, 0.6) is 0 Å². The second-order valence-corrected chi connectivity index (χ2v) is 4.61. The molecule has 21 heavy (non-hydrogen) atoms. The van der Waals surface area contributed by atoms with Crippen molar-refractivity contribution >= 4 is 23.4 Å². The minimum absolute atomic E-state index is 0.0325. The lowest BCUT2D eigenvalue weighted by Gasteiger charge is -2.21. The minimum atomic E-state index is -0.617. The van der Waals surface area contributed by atoms with Crippen molar-refractivity contribution in [1.82, 2.24) is 0 Å². The number of rotatable bonds is 3. The lowest BCUT2D eigenvalue weighted by molar-refractivity contribution is -0.603. The van der Waals surface area contributed by atoms with E-state index in [0.717, 1.165) is 0 Å². The van der Waals surface area contributed by atoms with Crippen molar-refractivity contribution in [3.05, 3.63) is 64.3 Å². The SMILES string of the molecule is COC(=O)N(Cc1ccc(Cl)[n+]([O-])c1)c1ccc(F)cc1. The third kappa shape index (κ3) is 3.61. The number of pyridine rings is 1. The third-order valence-corrected chi connectivity index (χ3v) is 3.10. The standard InChI is InChI=1S/C14H12ClFN2O3/c1-21-14(19)17(12-5-3-11(16)4-6-12)8-10-2-7-13(15)18(20)9-10/h2-7,9H,8H2,1H3. The Morgan fingerprint density at radius 2 is 2.00 bits per heavy atom. The van der Waals surface area contributed by atoms with Crippen LogP contribution in [0.3, 0.4) is 0 Å². The second-order valence-electron chi connectivity index (χ2n) is 4.22. The number of ether oxygens (including phenoxy) is 1. The number of amides is 1. The number of benzene rings is 1. The molecular formula is C14H12ClFN2O3. The van der Waals surface area contributed by atoms with Gasteiger partial charge in [0, 0.05) is 17.3 Å². The fourth-order valence-electron chi connectivity index (χ4n) is 1.77. The molecule has 0 aliphatic rings. The van der Waals surface area contributed by atoms with E-state index in [4.69, 9.17) is 16.3 Å². The minimum Gasteiger partial charge on any atom is -0.618 e. The van der Waals surface area contributed by atoms with Gasteiger partial charge in [0.1, 0.15) is 5.82 Å². The number of halogens is 2. The molecule has 1 heterocycles. The van der Waals surface area contributed by atoms with Crippen LogP contribution in [0.4, 0.5) is 14.9 Å². The van der Waals surface area contributed by atoms with Gasteiger partial charge in [-0.05, 0) is 41.9 Å². The summed E-state index contributed by atoms with van der Waals surface area (Å²) in [4.78, 5) is 13.1. The van der Waals surface area contributed by atoms with Crippen molar-refractivity contribution in [2.75, 3.05) is 12.0 Å². The predicted molar refractivity (Wildman–Crippen MR) is 75.4 cm³/mol. The van der Waals surface area contributed by atoms with Crippen LogP contribution >= 0.6 is 11.6 Å². The zero-order valence-corrected chi connectivity index (χ0v) is 11.9. The number of anilines is 1. The van der Waals surface area contributed by atoms with Gasteiger partial charge in [-0.25, -0.2) is 9.18 Å². The molecule has 0 N–H and O–H groups in total. The van der Waals surface area contributed by atoms with Crippen molar-refractivity contribution in [3.8, 4) is 0 Å². The van der Waals surface area contributed by atoms with Gasteiger partial charge in [0.25, 0.3) is 5.15 Å². The van der Waals surface area contributed by atoms with Gasteiger partial charge >= 0.3 is 6.09 Å². The molecule has 2 aromatic rings. The molecule has 0 saturated carbocycles. The van der Waals surface area contributed by atoms with Crippen molar-refractivity contribution < 1.29 is 18.7 Å². The number of aromatic nitrogens is 1. The van der Waals surface area contributed by atoms with Gasteiger partial charge in [-0.2, -0.15) is 4.73 Å². The lowest BCUT2D eigenvalue weighted by atomic mass is 10.2. The van der Waals surface area contributed by atoms with Crippen LogP contribution in [0.2, 0.25) is 5.15 Å². The number of hydrogen-bond donors (Lipinski definition) is 0. The maximum atomic E-state index is 13.0. The van der Waals surface area contributed by atoms with Gasteiger partial charge in [0.2, 0.25) is 0 Å². The molecule has 0 unspecified atom stereocenters. The summed E-state index contributed by atoms with van der Waals surface area (Å²) in [5.41, 5.74) is 1.01. The summed E-state index contributed by atoms with van der Waals surface area (Å²) in [5, 5.41) is 11.5. The Bertz CT molecular complexity index is 649. The van der Waals surface area contributed by atoms with E-state index in [9.17, 15) is 14.4 Å². The molecule has 5 nitrogen and oxygen atoms in total. The highest BCUT2D eigenvalue weighted by Crippen LogP contribution is 2.19. The number of carbonyl (C=O) groups excluding carboxylic acids is 1. The van der Waals surface area contributed by atoms with Crippen LogP contribution in [0.15, 0.2) is 42.6 Å². The molecule has 0 atom stereocenters. The first-order chi connectivity index (χ1) is 10.0. The van der Waals surface area contributed by atoms with Gasteiger partial charge in [-0.15, -0.1) is 0 Å². The zero-order chi connectivity index (χ0) is 15.4. The fourth-order valence-corrected chi connectivity index (χ4v) is 1.88. The van der Waals surface area contributed by atoms with E-state index in [0.29, 0.717) is 16.0 Å². The van der Waals surface area contributed by atoms with E-state index in [1.807, 2.05) is 0 Å². The maximum absolute atomic E-state index is 13.0. The molecule has 1 amide bonds. The fraction of sp³-hybridized carbons (Fsp3) is 0.143. The molecule has 0 radical (unpaired) electrons. The Kier molecular flexibility index (Phi) is 4.59. The van der Waals surface area contributed by atoms with Gasteiger partial charge in [0.05, 0.1) is 13.7 Å². The molecule has 0 spiro atoms. The Morgan fingerprint density at radius 3 is 2.57 bits per heavy atom. The average molecular weight is 311 g/mol. The topological polar surface area (TPSA) is 56.5 Å². The first-order valence-electron chi connectivity index (χ1n) is 6.00. The van der Waals surface area contributed by atoms with Crippen LogP contribution in [-0.2, 0) is 11.3 Å². The van der Waals surface area contributed by atoms with Crippen LogP contribution in [0.25, 0.3) is 0 Å². The molecular weight excluding hydrogens is 299 g/mol. The first kappa shape index (κ1) is 15.1. The van der Waals surface area contributed by atoms with Crippen LogP contribution in [0, 0.1) is 11.0 Å². The molecule has 1 aromatic carbocycles. The molecule has 2 rings (SSSR count). The van der Waals surface area contributed by atoms with E-state index in [1.54, 1.807) is 6.07 Å². The highest BCUT2D eigenvalue weighted by Gasteiger charge is 2.18. The molecule has 0 saturated heterocycles. The van der Waals surface area contributed by atoms with Crippen molar-refractivity contribution in [3.63, 3.8) is 0 Å². The number of methoxy groups -OCH3 is 1. The van der Waals surface area contributed by atoms with Crippen molar-refractivity contribution in [2.45, 2.75) is 6.54 Å². The molecule has 0 aliphatic heterocycles. The number of carbonyl (C=O) groups is 1. The van der Waals surface area contributed by atoms with Gasteiger partial charge in [-0.1, -0.05) is 0 Å². The normalized spacial score (nSPS) is 10.2. The summed E-state index contributed by atoms with van der Waals surface area (Å²) in [6.45, 7) is 0.0950. The van der Waals surface area contributed by atoms with Crippen molar-refractivity contribution in [1.29, 1.82) is 0 Å². The summed E-state index contributed by atoms with van der Waals surface area (Å²) in [6.07, 6.45) is 0.649. The van der Waals surface area contributed by atoms with E-state index in [2.05, 4.69) is 0 Å². The Balaban J connectivity index is 2.30. The summed E-state index contributed by atoms with van der Waals surface area (Å²) in [7, 11) is 1.24. The second kappa shape index (κ2) is 6.41. The van der Waals surface area contributed by atoms with Crippen LogP contribution < -0.4 is 9.63 Å². The zero-order valence-electron chi connectivity index (χ0n) is 11.1. The van der Waals surface area contributed by atoms with E-state index < -0.39 is 11.9 Å². The number of hydrogen-bond acceptors (Lipinski definition) is 3. The summed E-state index contributed by atoms with van der Waals surface area (Å²) < 4.78 is 18.2. The molecule has 0 bridgehead atoms. The predicted octanol–water partition coefficient (Wildman–Crippen LogP) is 2.89. The van der Waals surface area contributed by atoms with Gasteiger partial charge in [0.15, 0.2) is 6.20 Å². The van der Waals surface area contributed by atoms with Gasteiger partial charge < -0.3 is 9.94 Å². The van der Waals surface area contributed by atoms with Crippen LogP contribution in [-0.4, -0.2) is 13.2 Å². The quantitative estimate of drug-likeness (QED) is 0.497. The van der Waals surface area contributed by atoms with Gasteiger partial charge in [-0.3, -0.25) is 4.90 Å². The summed E-state index contributed by atoms with van der Waals surface area (Å²) in [5.74, 6) is -0.410. The molecule has 0 aliphatic carbocycles. The van der Waals surface area contributed by atoms with Crippen LogP contribution in [0.1, 0.15) is 5.56 Å². The summed E-state index contributed by atoms with van der Waals surface area (Å²) in [6, 6.07) is 8.43. The van der Waals surface area contributed by atoms with E-state index in [1.165, 1.54) is 48.5 Å².